The molecule has 0 unspecified atom stereocenters. The maximum Gasteiger partial charge on any atom is 0.226 e. The average Bonchev–Trinajstić information content (AvgIpc) is 2.47. The van der Waals surface area contributed by atoms with E-state index in [0.29, 0.717) is 17.3 Å². The molecule has 2 amide bonds. The third kappa shape index (κ3) is 5.11. The fourth-order valence-corrected chi connectivity index (χ4v) is 2.46. The molecule has 120 valence electrons. The predicted molar refractivity (Wildman–Crippen MR) is 93.9 cm³/mol. The minimum atomic E-state index is -0.135. The Labute approximate surface area is 141 Å². The van der Waals surface area contributed by atoms with Crippen molar-refractivity contribution in [1.82, 2.24) is 0 Å². The van der Waals surface area contributed by atoms with Crippen LogP contribution in [0.25, 0.3) is 0 Å². The molecule has 2 rings (SSSR count). The fraction of sp³-hybridized carbons (Fsp3) is 0.222. The summed E-state index contributed by atoms with van der Waals surface area (Å²) in [4.78, 5) is 25.4. The number of hydrogen-bond donors (Lipinski definition) is 1. The molecule has 4 nitrogen and oxygen atoms in total. The van der Waals surface area contributed by atoms with Gasteiger partial charge in [-0.25, -0.2) is 0 Å². The van der Waals surface area contributed by atoms with Crippen LogP contribution in [0.4, 0.5) is 11.4 Å². The van der Waals surface area contributed by atoms with E-state index in [1.807, 2.05) is 31.2 Å². The Balaban J connectivity index is 1.99. The molecule has 0 aromatic heterocycles. The number of amides is 2. The number of nitrogens with zero attached hydrogens (tertiary/aromatic N) is 1. The molecular formula is C18H19ClN2O2. The highest BCUT2D eigenvalue weighted by Crippen LogP contribution is 2.20. The number of rotatable bonds is 5. The van der Waals surface area contributed by atoms with E-state index in [1.165, 1.54) is 6.92 Å². The zero-order valence-electron chi connectivity index (χ0n) is 13.2. The van der Waals surface area contributed by atoms with Gasteiger partial charge in [-0.15, -0.1) is 0 Å². The molecule has 0 heterocycles. The van der Waals surface area contributed by atoms with Crippen molar-refractivity contribution in [3.05, 3.63) is 59.1 Å². The van der Waals surface area contributed by atoms with Gasteiger partial charge in [-0.2, -0.15) is 0 Å². The Kier molecular flexibility index (Phi) is 5.77. The maximum absolute atomic E-state index is 12.1. The van der Waals surface area contributed by atoms with E-state index in [2.05, 4.69) is 5.32 Å². The number of anilines is 2. The number of carbonyl (C=O) groups is 2. The van der Waals surface area contributed by atoms with E-state index in [1.54, 1.807) is 29.2 Å². The van der Waals surface area contributed by atoms with Crippen molar-refractivity contribution in [1.29, 1.82) is 0 Å². The van der Waals surface area contributed by atoms with E-state index in [-0.39, 0.29) is 18.2 Å². The summed E-state index contributed by atoms with van der Waals surface area (Å²) in [6.45, 7) is 3.74. The third-order valence-electron chi connectivity index (χ3n) is 3.36. The molecule has 0 fully saturated rings. The Hall–Kier alpha value is -2.33. The van der Waals surface area contributed by atoms with Crippen LogP contribution >= 0.6 is 11.6 Å². The predicted octanol–water partition coefficient (Wildman–Crippen LogP) is 4.03. The summed E-state index contributed by atoms with van der Waals surface area (Å²) in [7, 11) is 0. The van der Waals surface area contributed by atoms with E-state index in [4.69, 9.17) is 11.6 Å². The van der Waals surface area contributed by atoms with Crippen LogP contribution in [-0.4, -0.2) is 18.4 Å². The first-order valence-electron chi connectivity index (χ1n) is 7.36. The summed E-state index contributed by atoms with van der Waals surface area (Å²) in [6, 6.07) is 14.6. The Bertz CT molecular complexity index is 716. The zero-order valence-corrected chi connectivity index (χ0v) is 13.9. The quantitative estimate of drug-likeness (QED) is 0.899. The van der Waals surface area contributed by atoms with E-state index < -0.39 is 0 Å². The zero-order chi connectivity index (χ0) is 16.8. The van der Waals surface area contributed by atoms with Crippen molar-refractivity contribution in [2.45, 2.75) is 20.3 Å². The summed E-state index contributed by atoms with van der Waals surface area (Å²) in [5.74, 6) is -0.264. The van der Waals surface area contributed by atoms with Gasteiger partial charge in [0.25, 0.3) is 0 Å². The number of nitrogens with one attached hydrogen (secondary N) is 1. The van der Waals surface area contributed by atoms with Crippen molar-refractivity contribution in [3.8, 4) is 0 Å². The van der Waals surface area contributed by atoms with Gasteiger partial charge < -0.3 is 10.2 Å². The maximum atomic E-state index is 12.1. The highest BCUT2D eigenvalue weighted by molar-refractivity contribution is 6.30. The van der Waals surface area contributed by atoms with Crippen molar-refractivity contribution in [2.75, 3.05) is 16.8 Å². The molecule has 0 atom stereocenters. The van der Waals surface area contributed by atoms with Crippen LogP contribution < -0.4 is 10.2 Å². The van der Waals surface area contributed by atoms with Gasteiger partial charge in [-0.1, -0.05) is 29.8 Å². The highest BCUT2D eigenvalue weighted by Gasteiger charge is 2.14. The highest BCUT2D eigenvalue weighted by atomic mass is 35.5. The number of halogens is 1. The van der Waals surface area contributed by atoms with Gasteiger partial charge in [-0.05, 0) is 42.8 Å². The molecule has 0 saturated heterocycles. The SMILES string of the molecule is CC(=O)N(CCC(=O)Nc1cccc(C)c1)c1cccc(Cl)c1. The van der Waals surface area contributed by atoms with Crippen LogP contribution in [-0.2, 0) is 9.59 Å². The van der Waals surface area contributed by atoms with Crippen molar-refractivity contribution < 1.29 is 9.59 Å². The molecule has 0 spiro atoms. The lowest BCUT2D eigenvalue weighted by Gasteiger charge is -2.21. The van der Waals surface area contributed by atoms with Crippen molar-refractivity contribution >= 4 is 34.8 Å². The summed E-state index contributed by atoms with van der Waals surface area (Å²) >= 11 is 5.96. The van der Waals surface area contributed by atoms with Crippen LogP contribution in [0.2, 0.25) is 5.02 Å². The molecule has 0 aliphatic rings. The monoisotopic (exact) mass is 330 g/mol. The first-order valence-corrected chi connectivity index (χ1v) is 7.73. The molecule has 0 saturated carbocycles. The molecule has 2 aromatic carbocycles. The Morgan fingerprint density at radius 1 is 1.13 bits per heavy atom. The second-order valence-corrected chi connectivity index (χ2v) is 5.75. The Morgan fingerprint density at radius 3 is 2.52 bits per heavy atom. The van der Waals surface area contributed by atoms with Gasteiger partial charge in [-0.3, -0.25) is 9.59 Å². The lowest BCUT2D eigenvalue weighted by molar-refractivity contribution is -0.117. The topological polar surface area (TPSA) is 49.4 Å². The molecule has 0 bridgehead atoms. The number of carbonyl (C=O) groups excluding carboxylic acids is 2. The summed E-state index contributed by atoms with van der Waals surface area (Å²) in [6.07, 6.45) is 0.208. The van der Waals surface area contributed by atoms with Gasteiger partial charge in [0.1, 0.15) is 0 Å². The van der Waals surface area contributed by atoms with Crippen LogP contribution in [0.1, 0.15) is 18.9 Å². The molecule has 0 aliphatic heterocycles. The number of benzene rings is 2. The van der Waals surface area contributed by atoms with Crippen LogP contribution in [0.3, 0.4) is 0 Å². The second-order valence-electron chi connectivity index (χ2n) is 5.32. The van der Waals surface area contributed by atoms with Gasteiger partial charge in [0, 0.05) is 36.3 Å². The largest absolute Gasteiger partial charge is 0.326 e. The first kappa shape index (κ1) is 17.0. The lowest BCUT2D eigenvalue weighted by Crippen LogP contribution is -2.31. The molecule has 2 aromatic rings. The molecule has 0 radical (unpaired) electrons. The van der Waals surface area contributed by atoms with E-state index in [9.17, 15) is 9.59 Å². The van der Waals surface area contributed by atoms with Gasteiger partial charge in [0.05, 0.1) is 0 Å². The molecule has 0 aliphatic carbocycles. The standard InChI is InChI=1S/C18H19ClN2O2/c1-13-5-3-7-16(11-13)20-18(23)9-10-21(14(2)22)17-8-4-6-15(19)12-17/h3-8,11-12H,9-10H2,1-2H3,(H,20,23). The summed E-state index contributed by atoms with van der Waals surface area (Å²) < 4.78 is 0. The first-order chi connectivity index (χ1) is 11.0. The normalized spacial score (nSPS) is 10.2. The Morgan fingerprint density at radius 2 is 1.87 bits per heavy atom. The lowest BCUT2D eigenvalue weighted by atomic mass is 10.2. The second kappa shape index (κ2) is 7.79. The fourth-order valence-electron chi connectivity index (χ4n) is 2.27. The molecule has 23 heavy (non-hydrogen) atoms. The molecular weight excluding hydrogens is 312 g/mol. The van der Waals surface area contributed by atoms with Crippen LogP contribution in [0.15, 0.2) is 48.5 Å². The minimum Gasteiger partial charge on any atom is -0.326 e. The van der Waals surface area contributed by atoms with Crippen LogP contribution in [0.5, 0.6) is 0 Å². The molecule has 1 N–H and O–H groups in total. The van der Waals surface area contributed by atoms with Gasteiger partial charge in [0.2, 0.25) is 11.8 Å². The van der Waals surface area contributed by atoms with E-state index >= 15 is 0 Å². The van der Waals surface area contributed by atoms with E-state index in [0.717, 1.165) is 11.3 Å². The van der Waals surface area contributed by atoms with Crippen LogP contribution in [0, 0.1) is 6.92 Å². The van der Waals surface area contributed by atoms with Crippen molar-refractivity contribution in [3.63, 3.8) is 0 Å². The van der Waals surface area contributed by atoms with Gasteiger partial charge >= 0.3 is 0 Å². The number of aryl methyl sites for hydroxylation is 1. The molecule has 5 heteroatoms. The third-order valence-corrected chi connectivity index (χ3v) is 3.60. The minimum absolute atomic E-state index is 0.129. The average molecular weight is 331 g/mol. The smallest absolute Gasteiger partial charge is 0.226 e. The van der Waals surface area contributed by atoms with Crippen molar-refractivity contribution in [2.24, 2.45) is 0 Å². The number of hydrogen-bond acceptors (Lipinski definition) is 2. The summed E-state index contributed by atoms with van der Waals surface area (Å²) in [5.41, 5.74) is 2.52. The van der Waals surface area contributed by atoms with Gasteiger partial charge in [0.15, 0.2) is 0 Å². The summed E-state index contributed by atoms with van der Waals surface area (Å²) in [5, 5.41) is 3.39.